The van der Waals surface area contributed by atoms with E-state index in [0.717, 1.165) is 48.3 Å². The molecule has 2 nitrogen and oxygen atoms in total. The van der Waals surface area contributed by atoms with Crippen LogP contribution in [0.2, 0.25) is 0 Å². The van der Waals surface area contributed by atoms with Gasteiger partial charge in [-0.15, -0.1) is 22.7 Å². The molecule has 0 aliphatic rings. The van der Waals surface area contributed by atoms with Crippen LogP contribution < -0.4 is 0 Å². The molecule has 2 heterocycles. The van der Waals surface area contributed by atoms with Crippen LogP contribution in [0.15, 0.2) is 24.3 Å². The van der Waals surface area contributed by atoms with Crippen LogP contribution in [0.25, 0.3) is 0 Å². The average Bonchev–Trinajstić information content (AvgIpc) is 3.40. The van der Waals surface area contributed by atoms with Gasteiger partial charge in [0.25, 0.3) is 0 Å². The van der Waals surface area contributed by atoms with Gasteiger partial charge < -0.3 is 10.2 Å². The van der Waals surface area contributed by atoms with Gasteiger partial charge in [0.2, 0.25) is 0 Å². The highest BCUT2D eigenvalue weighted by Crippen LogP contribution is 2.48. The zero-order valence-electron chi connectivity index (χ0n) is 17.8. The van der Waals surface area contributed by atoms with Crippen molar-refractivity contribution >= 4 is 22.7 Å². The number of thiophene rings is 2. The lowest BCUT2D eigenvalue weighted by atomic mass is 9.79. The van der Waals surface area contributed by atoms with Gasteiger partial charge >= 0.3 is 0 Å². The third kappa shape index (κ3) is 3.91. The summed E-state index contributed by atoms with van der Waals surface area (Å²) in [5, 5.41) is 21.9. The smallest absolute Gasteiger partial charge is 0.0982 e. The maximum absolute atomic E-state index is 10.9. The number of rotatable bonds is 10. The summed E-state index contributed by atoms with van der Waals surface area (Å²) in [4.78, 5) is 4.80. The predicted octanol–water partition coefficient (Wildman–Crippen LogP) is 6.93. The van der Waals surface area contributed by atoms with Crippen LogP contribution in [0.3, 0.4) is 0 Å². The predicted molar refractivity (Wildman–Crippen MR) is 119 cm³/mol. The van der Waals surface area contributed by atoms with E-state index in [1.54, 1.807) is 22.7 Å². The lowest BCUT2D eigenvalue weighted by Crippen LogP contribution is -2.24. The van der Waals surface area contributed by atoms with Crippen molar-refractivity contribution in [2.75, 3.05) is 0 Å². The molecule has 0 aliphatic heterocycles. The molecule has 0 atom stereocenters. The first-order chi connectivity index (χ1) is 12.8. The highest BCUT2D eigenvalue weighted by Gasteiger charge is 2.37. The molecule has 2 aromatic heterocycles. The molecule has 2 N–H and O–H groups in total. The highest BCUT2D eigenvalue weighted by atomic mass is 32.1. The second-order valence-electron chi connectivity index (χ2n) is 7.59. The van der Waals surface area contributed by atoms with Crippen LogP contribution in [0, 0.1) is 0 Å². The molecule has 0 unspecified atom stereocenters. The second-order valence-corrected chi connectivity index (χ2v) is 9.76. The van der Waals surface area contributed by atoms with E-state index in [0.29, 0.717) is 0 Å². The van der Waals surface area contributed by atoms with E-state index in [-0.39, 0.29) is 5.41 Å². The monoisotopic (exact) mass is 408 g/mol. The number of aliphatic hydroxyl groups is 2. The Kier molecular flexibility index (Phi) is 7.34. The second kappa shape index (κ2) is 8.77. The topological polar surface area (TPSA) is 40.5 Å². The number of hydrogen-bond donors (Lipinski definition) is 2. The van der Waals surface area contributed by atoms with Crippen LogP contribution >= 0.6 is 22.7 Å². The van der Waals surface area contributed by atoms with Gasteiger partial charge in [-0.25, -0.2) is 0 Å². The van der Waals surface area contributed by atoms with E-state index in [2.05, 4.69) is 65.8 Å². The SMILES string of the molecule is CCC(O)(CC)c1ccc(C(CC)(CC)c2ccc(C(O)(CC)CC)s2)s1. The van der Waals surface area contributed by atoms with Crippen molar-refractivity contribution in [1.29, 1.82) is 0 Å². The molecule has 0 radical (unpaired) electrons. The minimum Gasteiger partial charge on any atom is -0.384 e. The first kappa shape index (κ1) is 22.6. The van der Waals surface area contributed by atoms with E-state index in [1.807, 2.05) is 0 Å². The van der Waals surface area contributed by atoms with Gasteiger partial charge in [0, 0.05) is 24.9 Å². The fourth-order valence-corrected chi connectivity index (χ4v) is 7.18. The van der Waals surface area contributed by atoms with Crippen molar-refractivity contribution in [3.05, 3.63) is 43.8 Å². The largest absolute Gasteiger partial charge is 0.384 e. The molecule has 2 aromatic rings. The Hall–Kier alpha value is -0.680. The molecule has 4 heteroatoms. The Balaban J connectivity index is 2.51. The molecule has 152 valence electrons. The Bertz CT molecular complexity index is 658. The van der Waals surface area contributed by atoms with Crippen LogP contribution in [0.5, 0.6) is 0 Å². The molecule has 27 heavy (non-hydrogen) atoms. The summed E-state index contributed by atoms with van der Waals surface area (Å²) in [5.41, 5.74) is -1.49. The summed E-state index contributed by atoms with van der Waals surface area (Å²) in [7, 11) is 0. The van der Waals surface area contributed by atoms with Gasteiger partial charge in [0.05, 0.1) is 11.2 Å². The molecular formula is C23H36O2S2. The van der Waals surface area contributed by atoms with Crippen molar-refractivity contribution in [1.82, 2.24) is 0 Å². The Morgan fingerprint density at radius 2 is 0.852 bits per heavy atom. The fourth-order valence-electron chi connectivity index (χ4n) is 3.96. The van der Waals surface area contributed by atoms with Crippen molar-refractivity contribution < 1.29 is 10.2 Å². The lowest BCUT2D eigenvalue weighted by Gasteiger charge is -2.31. The van der Waals surface area contributed by atoms with Crippen LogP contribution in [0.1, 0.15) is 99.6 Å². The molecule has 0 aromatic carbocycles. The van der Waals surface area contributed by atoms with E-state index in [4.69, 9.17) is 0 Å². The van der Waals surface area contributed by atoms with Gasteiger partial charge in [-0.3, -0.25) is 0 Å². The summed E-state index contributed by atoms with van der Waals surface area (Å²) >= 11 is 3.52. The molecule has 0 spiro atoms. The molecule has 0 amide bonds. The van der Waals surface area contributed by atoms with E-state index < -0.39 is 11.2 Å². The van der Waals surface area contributed by atoms with E-state index in [9.17, 15) is 10.2 Å². The van der Waals surface area contributed by atoms with E-state index in [1.165, 1.54) is 9.75 Å². The highest BCUT2D eigenvalue weighted by molar-refractivity contribution is 7.14. The molecule has 0 aliphatic carbocycles. The van der Waals surface area contributed by atoms with Gasteiger partial charge in [0.15, 0.2) is 0 Å². The summed E-state index contributed by atoms with van der Waals surface area (Å²) in [6, 6.07) is 8.68. The molecule has 0 bridgehead atoms. The quantitative estimate of drug-likeness (QED) is 0.447. The maximum Gasteiger partial charge on any atom is 0.0982 e. The van der Waals surface area contributed by atoms with Gasteiger partial charge in [-0.2, -0.15) is 0 Å². The van der Waals surface area contributed by atoms with Crippen molar-refractivity contribution in [2.24, 2.45) is 0 Å². The minimum atomic E-state index is -0.721. The average molecular weight is 409 g/mol. The maximum atomic E-state index is 10.9. The Morgan fingerprint density at radius 1 is 0.556 bits per heavy atom. The van der Waals surface area contributed by atoms with Crippen LogP contribution in [-0.4, -0.2) is 10.2 Å². The summed E-state index contributed by atoms with van der Waals surface area (Å²) in [5.74, 6) is 0. The third-order valence-corrected chi connectivity index (χ3v) is 9.58. The summed E-state index contributed by atoms with van der Waals surface area (Å²) in [6.07, 6.45) is 4.96. The first-order valence-corrected chi connectivity index (χ1v) is 12.1. The third-order valence-electron chi connectivity index (χ3n) is 6.62. The normalized spacial score (nSPS) is 13.3. The minimum absolute atomic E-state index is 0.0450. The number of hydrogen-bond acceptors (Lipinski definition) is 4. The Morgan fingerprint density at radius 3 is 1.11 bits per heavy atom. The molecular weight excluding hydrogens is 372 g/mol. The van der Waals surface area contributed by atoms with Crippen LogP contribution in [0.4, 0.5) is 0 Å². The summed E-state index contributed by atoms with van der Waals surface area (Å²) in [6.45, 7) is 12.7. The van der Waals surface area contributed by atoms with Crippen molar-refractivity contribution in [3.63, 3.8) is 0 Å². The van der Waals surface area contributed by atoms with Crippen molar-refractivity contribution in [3.8, 4) is 0 Å². The summed E-state index contributed by atoms with van der Waals surface area (Å²) < 4.78 is 0. The van der Waals surface area contributed by atoms with Crippen LogP contribution in [-0.2, 0) is 16.6 Å². The molecule has 0 fully saturated rings. The van der Waals surface area contributed by atoms with E-state index >= 15 is 0 Å². The zero-order valence-corrected chi connectivity index (χ0v) is 19.4. The fraction of sp³-hybridized carbons (Fsp3) is 0.652. The zero-order chi connectivity index (χ0) is 20.3. The molecule has 2 rings (SSSR count). The molecule has 0 saturated carbocycles. The first-order valence-electron chi connectivity index (χ1n) is 10.4. The van der Waals surface area contributed by atoms with Gasteiger partial charge in [-0.1, -0.05) is 41.5 Å². The Labute approximate surface area is 173 Å². The van der Waals surface area contributed by atoms with Gasteiger partial charge in [0.1, 0.15) is 0 Å². The molecule has 0 saturated heterocycles. The van der Waals surface area contributed by atoms with Gasteiger partial charge in [-0.05, 0) is 62.8 Å². The lowest BCUT2D eigenvalue weighted by molar-refractivity contribution is 0.0318. The van der Waals surface area contributed by atoms with Crippen molar-refractivity contribution in [2.45, 2.75) is 96.7 Å². The standard InChI is InChI=1S/C23H36O2S2/c1-7-21(8-2,17-13-15-19(26-17)22(24,9-3)10-4)18-14-16-20(27-18)23(25,11-5)12-6/h13-16,24-25H,7-12H2,1-6H3.